The lowest BCUT2D eigenvalue weighted by atomic mass is 9.82. The lowest BCUT2D eigenvalue weighted by Crippen LogP contribution is -2.33. The first kappa shape index (κ1) is 15.3. The molecule has 1 atom stereocenters. The molecule has 1 aromatic heterocycles. The molecule has 1 unspecified atom stereocenters. The smallest absolute Gasteiger partial charge is 0.167 e. The van der Waals surface area contributed by atoms with Gasteiger partial charge in [-0.1, -0.05) is 6.92 Å². The summed E-state index contributed by atoms with van der Waals surface area (Å²) in [6.45, 7) is 8.32. The molecule has 1 N–H and O–H groups in total. The number of nitrogens with one attached hydrogen (secondary N) is 1. The summed E-state index contributed by atoms with van der Waals surface area (Å²) in [6, 6.07) is 0.114. The van der Waals surface area contributed by atoms with Crippen LogP contribution < -0.4 is 5.32 Å². The van der Waals surface area contributed by atoms with Crippen molar-refractivity contribution in [3.8, 4) is 0 Å². The van der Waals surface area contributed by atoms with Gasteiger partial charge in [-0.25, -0.2) is 4.68 Å². The van der Waals surface area contributed by atoms with Crippen LogP contribution in [-0.4, -0.2) is 53.7 Å². The standard InChI is InChI=1S/C13H25N5O2/c1-11(14-6-9-19-3)12-15-16-17-18(12)10-13(2)4-7-20-8-5-13/h11,14H,4-10H2,1-3H3. The predicted octanol–water partition coefficient (Wildman–Crippen LogP) is 0.787. The van der Waals surface area contributed by atoms with Crippen LogP contribution in [0.4, 0.5) is 0 Å². The molecule has 7 nitrogen and oxygen atoms in total. The monoisotopic (exact) mass is 283 g/mol. The van der Waals surface area contributed by atoms with Gasteiger partial charge in [0.25, 0.3) is 0 Å². The Morgan fingerprint density at radius 2 is 2.20 bits per heavy atom. The van der Waals surface area contributed by atoms with Crippen LogP contribution in [0.25, 0.3) is 0 Å². The zero-order valence-electron chi connectivity index (χ0n) is 12.6. The first-order valence-electron chi connectivity index (χ1n) is 7.21. The van der Waals surface area contributed by atoms with Gasteiger partial charge >= 0.3 is 0 Å². The van der Waals surface area contributed by atoms with Crippen LogP contribution >= 0.6 is 0 Å². The Balaban J connectivity index is 1.97. The summed E-state index contributed by atoms with van der Waals surface area (Å²) in [5.41, 5.74) is 0.217. The molecule has 0 aromatic carbocycles. The zero-order chi connectivity index (χ0) is 14.4. The number of hydrogen-bond donors (Lipinski definition) is 1. The molecule has 1 fully saturated rings. The maximum atomic E-state index is 5.44. The highest BCUT2D eigenvalue weighted by Gasteiger charge is 2.30. The van der Waals surface area contributed by atoms with Crippen molar-refractivity contribution in [2.24, 2.45) is 5.41 Å². The zero-order valence-corrected chi connectivity index (χ0v) is 12.6. The molecule has 7 heteroatoms. The van der Waals surface area contributed by atoms with Gasteiger partial charge in [0.1, 0.15) is 0 Å². The van der Waals surface area contributed by atoms with Gasteiger partial charge in [0.2, 0.25) is 0 Å². The summed E-state index contributed by atoms with van der Waals surface area (Å²) in [7, 11) is 1.70. The molecule has 20 heavy (non-hydrogen) atoms. The van der Waals surface area contributed by atoms with Crippen molar-refractivity contribution in [2.75, 3.05) is 33.5 Å². The molecule has 0 spiro atoms. The van der Waals surface area contributed by atoms with Crippen molar-refractivity contribution < 1.29 is 9.47 Å². The fraction of sp³-hybridized carbons (Fsp3) is 0.923. The number of ether oxygens (including phenoxy) is 2. The van der Waals surface area contributed by atoms with E-state index < -0.39 is 0 Å². The summed E-state index contributed by atoms with van der Waals surface area (Å²) in [5.74, 6) is 0.883. The molecule has 1 aliphatic heterocycles. The minimum atomic E-state index is 0.114. The Morgan fingerprint density at radius 1 is 1.45 bits per heavy atom. The Morgan fingerprint density at radius 3 is 2.90 bits per heavy atom. The minimum absolute atomic E-state index is 0.114. The molecular weight excluding hydrogens is 258 g/mol. The van der Waals surface area contributed by atoms with Gasteiger partial charge in [-0.2, -0.15) is 0 Å². The summed E-state index contributed by atoms with van der Waals surface area (Å²) in [5, 5.41) is 15.5. The highest BCUT2D eigenvalue weighted by molar-refractivity contribution is 4.91. The van der Waals surface area contributed by atoms with Crippen LogP contribution in [0.5, 0.6) is 0 Å². The van der Waals surface area contributed by atoms with E-state index in [-0.39, 0.29) is 11.5 Å². The van der Waals surface area contributed by atoms with E-state index in [2.05, 4.69) is 34.7 Å². The van der Waals surface area contributed by atoms with Crippen LogP contribution in [0.3, 0.4) is 0 Å². The maximum absolute atomic E-state index is 5.44. The molecule has 2 heterocycles. The van der Waals surface area contributed by atoms with Crippen LogP contribution in [0.2, 0.25) is 0 Å². The number of hydrogen-bond acceptors (Lipinski definition) is 6. The van der Waals surface area contributed by atoms with E-state index >= 15 is 0 Å². The third-order valence-electron chi connectivity index (χ3n) is 3.94. The largest absolute Gasteiger partial charge is 0.383 e. The third kappa shape index (κ3) is 3.97. The van der Waals surface area contributed by atoms with Crippen LogP contribution in [0.1, 0.15) is 38.6 Å². The van der Waals surface area contributed by atoms with Gasteiger partial charge in [0.15, 0.2) is 5.82 Å². The highest BCUT2D eigenvalue weighted by Crippen LogP contribution is 2.31. The molecule has 0 amide bonds. The van der Waals surface area contributed by atoms with Crippen molar-refractivity contribution in [3.05, 3.63) is 5.82 Å². The summed E-state index contributed by atoms with van der Waals surface area (Å²) < 4.78 is 12.4. The summed E-state index contributed by atoms with van der Waals surface area (Å²) >= 11 is 0. The van der Waals surface area contributed by atoms with Gasteiger partial charge in [-0.3, -0.25) is 0 Å². The van der Waals surface area contributed by atoms with Gasteiger partial charge in [-0.05, 0) is 35.6 Å². The Kier molecular flexibility index (Phi) is 5.45. The van der Waals surface area contributed by atoms with Crippen molar-refractivity contribution >= 4 is 0 Å². The topological polar surface area (TPSA) is 74.1 Å². The first-order chi connectivity index (χ1) is 9.64. The molecule has 114 valence electrons. The number of tetrazole rings is 1. The molecule has 2 rings (SSSR count). The lowest BCUT2D eigenvalue weighted by Gasteiger charge is -2.33. The second-order valence-corrected chi connectivity index (χ2v) is 5.79. The number of aromatic nitrogens is 4. The van der Waals surface area contributed by atoms with Crippen molar-refractivity contribution in [1.82, 2.24) is 25.5 Å². The minimum Gasteiger partial charge on any atom is -0.383 e. The van der Waals surface area contributed by atoms with Gasteiger partial charge in [-0.15, -0.1) is 5.10 Å². The van der Waals surface area contributed by atoms with E-state index in [4.69, 9.17) is 9.47 Å². The predicted molar refractivity (Wildman–Crippen MR) is 74.3 cm³/mol. The molecule has 0 aliphatic carbocycles. The Bertz CT molecular complexity index is 403. The van der Waals surface area contributed by atoms with E-state index in [0.717, 1.165) is 45.0 Å². The SMILES string of the molecule is COCCNC(C)c1nnnn1CC1(C)CCOCC1. The van der Waals surface area contributed by atoms with E-state index in [0.29, 0.717) is 6.61 Å². The lowest BCUT2D eigenvalue weighted by molar-refractivity contribution is 0.0129. The van der Waals surface area contributed by atoms with Gasteiger partial charge < -0.3 is 14.8 Å². The molecule has 1 aromatic rings. The molecular formula is C13H25N5O2. The van der Waals surface area contributed by atoms with Crippen LogP contribution in [-0.2, 0) is 16.0 Å². The fourth-order valence-electron chi connectivity index (χ4n) is 2.49. The van der Waals surface area contributed by atoms with Crippen molar-refractivity contribution in [1.29, 1.82) is 0 Å². The number of rotatable bonds is 7. The van der Waals surface area contributed by atoms with E-state index in [1.165, 1.54) is 0 Å². The summed E-state index contributed by atoms with van der Waals surface area (Å²) in [6.07, 6.45) is 2.11. The molecule has 1 saturated heterocycles. The average molecular weight is 283 g/mol. The maximum Gasteiger partial charge on any atom is 0.167 e. The van der Waals surface area contributed by atoms with E-state index in [1.54, 1.807) is 7.11 Å². The number of methoxy groups -OCH3 is 1. The second kappa shape index (κ2) is 7.10. The Labute approximate surface area is 120 Å². The number of nitrogens with zero attached hydrogens (tertiary/aromatic N) is 4. The normalized spacial score (nSPS) is 19.9. The quantitative estimate of drug-likeness (QED) is 0.746. The second-order valence-electron chi connectivity index (χ2n) is 5.79. The van der Waals surface area contributed by atoms with Gasteiger partial charge in [0.05, 0.1) is 19.2 Å². The average Bonchev–Trinajstić information content (AvgIpc) is 2.87. The van der Waals surface area contributed by atoms with Gasteiger partial charge in [0, 0.05) is 26.9 Å². The molecule has 0 bridgehead atoms. The molecule has 0 radical (unpaired) electrons. The molecule has 1 aliphatic rings. The third-order valence-corrected chi connectivity index (χ3v) is 3.94. The highest BCUT2D eigenvalue weighted by atomic mass is 16.5. The van der Waals surface area contributed by atoms with E-state index in [9.17, 15) is 0 Å². The Hall–Kier alpha value is -1.05. The van der Waals surface area contributed by atoms with Crippen molar-refractivity contribution in [2.45, 2.75) is 39.3 Å². The fourth-order valence-corrected chi connectivity index (χ4v) is 2.49. The van der Waals surface area contributed by atoms with Crippen LogP contribution in [0, 0.1) is 5.41 Å². The summed E-state index contributed by atoms with van der Waals surface area (Å²) in [4.78, 5) is 0. The first-order valence-corrected chi connectivity index (χ1v) is 7.21. The molecule has 0 saturated carbocycles. The van der Waals surface area contributed by atoms with Crippen molar-refractivity contribution in [3.63, 3.8) is 0 Å². The van der Waals surface area contributed by atoms with Crippen LogP contribution in [0.15, 0.2) is 0 Å². The van der Waals surface area contributed by atoms with E-state index in [1.807, 2.05) is 4.68 Å².